The van der Waals surface area contributed by atoms with E-state index in [1.165, 1.54) is 30.3 Å². The molecular weight excluding hydrogens is 428 g/mol. The van der Waals surface area contributed by atoms with Gasteiger partial charge in [-0.2, -0.15) is 0 Å². The summed E-state index contributed by atoms with van der Waals surface area (Å²) in [4.78, 5) is 28.5. The fourth-order valence-corrected chi connectivity index (χ4v) is 4.56. The molecule has 166 valence electrons. The third kappa shape index (κ3) is 5.25. The van der Waals surface area contributed by atoms with Crippen molar-refractivity contribution in [1.29, 1.82) is 0 Å². The number of hydrogen-bond donors (Lipinski definition) is 3. The van der Waals surface area contributed by atoms with Gasteiger partial charge in [0.1, 0.15) is 5.75 Å². The molecule has 10 heteroatoms. The Morgan fingerprint density at radius 1 is 1.06 bits per heavy atom. The molecule has 1 saturated carbocycles. The number of aromatic hydroxyl groups is 1. The second kappa shape index (κ2) is 10.3. The summed E-state index contributed by atoms with van der Waals surface area (Å²) in [6.45, 7) is 0. The SMILES string of the molecule is O=C(CSc1nnc(-c2ccncc2)n1C1CCCCC1)NNC(=O)c1cccc(O)c1. The zero-order valence-corrected chi connectivity index (χ0v) is 18.2. The second-order valence-corrected chi connectivity index (χ2v) is 8.49. The molecule has 0 radical (unpaired) electrons. The number of nitrogens with zero attached hydrogens (tertiary/aromatic N) is 4. The van der Waals surface area contributed by atoms with Gasteiger partial charge in [0, 0.05) is 29.6 Å². The number of carbonyl (C=O) groups excluding carboxylic acids is 2. The molecule has 1 aromatic carbocycles. The molecule has 0 aliphatic heterocycles. The standard InChI is InChI=1S/C22H24N6O3S/c29-18-8-4-5-16(13-18)21(31)26-24-19(30)14-32-22-27-25-20(15-9-11-23-12-10-15)28(22)17-6-2-1-3-7-17/h4-5,8-13,17,29H,1-3,6-7,14H2,(H,24,30)(H,26,31). The van der Waals surface area contributed by atoms with E-state index >= 15 is 0 Å². The van der Waals surface area contributed by atoms with Crippen molar-refractivity contribution in [3.63, 3.8) is 0 Å². The number of nitrogens with one attached hydrogen (secondary N) is 2. The van der Waals surface area contributed by atoms with E-state index in [9.17, 15) is 14.7 Å². The topological polar surface area (TPSA) is 122 Å². The van der Waals surface area contributed by atoms with Crippen LogP contribution in [-0.4, -0.2) is 42.4 Å². The molecular formula is C22H24N6O3S. The number of benzene rings is 1. The van der Waals surface area contributed by atoms with Gasteiger partial charge in [0.25, 0.3) is 5.91 Å². The average Bonchev–Trinajstić information content (AvgIpc) is 3.26. The van der Waals surface area contributed by atoms with Crippen LogP contribution < -0.4 is 10.9 Å². The number of hydrazine groups is 1. The number of pyridine rings is 1. The van der Waals surface area contributed by atoms with Gasteiger partial charge in [-0.3, -0.25) is 30.0 Å². The lowest BCUT2D eigenvalue weighted by molar-refractivity contribution is -0.119. The molecule has 0 unspecified atom stereocenters. The van der Waals surface area contributed by atoms with Gasteiger partial charge in [-0.25, -0.2) is 0 Å². The normalized spacial score (nSPS) is 14.1. The van der Waals surface area contributed by atoms with E-state index < -0.39 is 5.91 Å². The highest BCUT2D eigenvalue weighted by Gasteiger charge is 2.24. The Labute approximate surface area is 189 Å². The van der Waals surface area contributed by atoms with Crippen LogP contribution in [0, 0.1) is 0 Å². The maximum Gasteiger partial charge on any atom is 0.269 e. The fraction of sp³-hybridized carbons (Fsp3) is 0.318. The van der Waals surface area contributed by atoms with Crippen LogP contribution in [0.25, 0.3) is 11.4 Å². The Morgan fingerprint density at radius 2 is 1.84 bits per heavy atom. The van der Waals surface area contributed by atoms with E-state index in [4.69, 9.17) is 0 Å². The number of hydrogen-bond acceptors (Lipinski definition) is 7. The van der Waals surface area contributed by atoms with Gasteiger partial charge >= 0.3 is 0 Å². The second-order valence-electron chi connectivity index (χ2n) is 7.55. The predicted octanol–water partition coefficient (Wildman–Crippen LogP) is 3.10. The van der Waals surface area contributed by atoms with Crippen LogP contribution >= 0.6 is 11.8 Å². The van der Waals surface area contributed by atoms with E-state index in [0.717, 1.165) is 37.1 Å². The van der Waals surface area contributed by atoms with Gasteiger partial charge in [-0.05, 0) is 43.2 Å². The number of phenolic OH excluding ortho intramolecular Hbond substituents is 1. The summed E-state index contributed by atoms with van der Waals surface area (Å²) in [5.41, 5.74) is 5.94. The van der Waals surface area contributed by atoms with Crippen LogP contribution in [0.2, 0.25) is 0 Å². The van der Waals surface area contributed by atoms with Crippen molar-refractivity contribution in [2.24, 2.45) is 0 Å². The van der Waals surface area contributed by atoms with Crippen LogP contribution in [0.4, 0.5) is 0 Å². The van der Waals surface area contributed by atoms with E-state index in [1.807, 2.05) is 12.1 Å². The van der Waals surface area contributed by atoms with Crippen LogP contribution in [0.1, 0.15) is 48.5 Å². The smallest absolute Gasteiger partial charge is 0.269 e. The third-order valence-corrected chi connectivity index (χ3v) is 6.24. The Balaban J connectivity index is 1.41. The van der Waals surface area contributed by atoms with E-state index in [1.54, 1.807) is 24.5 Å². The van der Waals surface area contributed by atoms with Gasteiger partial charge in [0.05, 0.1) is 5.75 Å². The van der Waals surface area contributed by atoms with Crippen molar-refractivity contribution in [1.82, 2.24) is 30.6 Å². The zero-order chi connectivity index (χ0) is 22.3. The molecule has 32 heavy (non-hydrogen) atoms. The molecule has 9 nitrogen and oxygen atoms in total. The van der Waals surface area contributed by atoms with E-state index in [0.29, 0.717) is 5.16 Å². The number of aromatic nitrogens is 4. The fourth-order valence-electron chi connectivity index (χ4n) is 3.75. The molecule has 0 atom stereocenters. The Morgan fingerprint density at radius 3 is 2.59 bits per heavy atom. The zero-order valence-electron chi connectivity index (χ0n) is 17.4. The lowest BCUT2D eigenvalue weighted by atomic mass is 9.95. The van der Waals surface area contributed by atoms with Crippen molar-refractivity contribution >= 4 is 23.6 Å². The number of amides is 2. The molecule has 0 saturated heterocycles. The maximum absolute atomic E-state index is 12.3. The number of phenols is 1. The molecule has 1 aliphatic rings. The van der Waals surface area contributed by atoms with Crippen LogP contribution in [0.5, 0.6) is 5.75 Å². The number of thioether (sulfide) groups is 1. The summed E-state index contributed by atoms with van der Waals surface area (Å²) >= 11 is 1.28. The molecule has 2 heterocycles. The minimum absolute atomic E-state index is 0.0217. The summed E-state index contributed by atoms with van der Waals surface area (Å²) in [5.74, 6) is -0.0515. The molecule has 0 spiro atoms. The van der Waals surface area contributed by atoms with Gasteiger partial charge < -0.3 is 5.11 Å². The molecule has 3 N–H and O–H groups in total. The van der Waals surface area contributed by atoms with Crippen molar-refractivity contribution in [3.05, 3.63) is 54.4 Å². The highest BCUT2D eigenvalue weighted by molar-refractivity contribution is 7.99. The molecule has 3 aromatic rings. The Bertz CT molecular complexity index is 1080. The third-order valence-electron chi connectivity index (χ3n) is 5.30. The molecule has 4 rings (SSSR count). The largest absolute Gasteiger partial charge is 0.508 e. The van der Waals surface area contributed by atoms with E-state index in [2.05, 4.69) is 30.6 Å². The summed E-state index contributed by atoms with van der Waals surface area (Å²) in [6, 6.07) is 9.99. The Kier molecular flexibility index (Phi) is 7.00. The van der Waals surface area contributed by atoms with Gasteiger partial charge in [-0.15, -0.1) is 10.2 Å². The lowest BCUT2D eigenvalue weighted by Gasteiger charge is -2.25. The first-order valence-electron chi connectivity index (χ1n) is 10.5. The number of carbonyl (C=O) groups is 2. The van der Waals surface area contributed by atoms with Crippen molar-refractivity contribution in [2.45, 2.75) is 43.3 Å². The lowest BCUT2D eigenvalue weighted by Crippen LogP contribution is -2.42. The van der Waals surface area contributed by atoms with Crippen molar-refractivity contribution < 1.29 is 14.7 Å². The highest BCUT2D eigenvalue weighted by Crippen LogP contribution is 2.35. The molecule has 1 aliphatic carbocycles. The maximum atomic E-state index is 12.3. The summed E-state index contributed by atoms with van der Waals surface area (Å²) in [7, 11) is 0. The predicted molar refractivity (Wildman–Crippen MR) is 120 cm³/mol. The Hall–Kier alpha value is -3.40. The first-order chi connectivity index (χ1) is 15.6. The summed E-state index contributed by atoms with van der Waals surface area (Å²) in [6.07, 6.45) is 9.10. The monoisotopic (exact) mass is 452 g/mol. The van der Waals surface area contributed by atoms with Crippen molar-refractivity contribution in [2.75, 3.05) is 5.75 Å². The van der Waals surface area contributed by atoms with Crippen LogP contribution in [-0.2, 0) is 4.79 Å². The summed E-state index contributed by atoms with van der Waals surface area (Å²) < 4.78 is 2.14. The molecule has 2 amide bonds. The van der Waals surface area contributed by atoms with E-state index in [-0.39, 0.29) is 29.0 Å². The first kappa shape index (κ1) is 21.8. The van der Waals surface area contributed by atoms with Crippen LogP contribution in [0.15, 0.2) is 53.9 Å². The molecule has 1 fully saturated rings. The van der Waals surface area contributed by atoms with Crippen molar-refractivity contribution in [3.8, 4) is 17.1 Å². The molecule has 2 aromatic heterocycles. The minimum atomic E-state index is -0.510. The highest BCUT2D eigenvalue weighted by atomic mass is 32.2. The first-order valence-corrected chi connectivity index (χ1v) is 11.5. The minimum Gasteiger partial charge on any atom is -0.508 e. The average molecular weight is 453 g/mol. The summed E-state index contributed by atoms with van der Waals surface area (Å²) in [5, 5.41) is 18.9. The van der Waals surface area contributed by atoms with Gasteiger partial charge in [0.15, 0.2) is 11.0 Å². The van der Waals surface area contributed by atoms with Gasteiger partial charge in [-0.1, -0.05) is 37.1 Å². The van der Waals surface area contributed by atoms with Gasteiger partial charge in [0.2, 0.25) is 5.91 Å². The number of rotatable bonds is 6. The van der Waals surface area contributed by atoms with Crippen LogP contribution in [0.3, 0.4) is 0 Å². The quantitative estimate of drug-likeness (QED) is 0.388. The molecule has 0 bridgehead atoms.